The molecule has 23 heavy (non-hydrogen) atoms. The number of carbonyl (C=O) groups is 1. The maximum Gasteiger partial charge on any atom is 0.305 e. The molecule has 0 bridgehead atoms. The van der Waals surface area contributed by atoms with Crippen molar-refractivity contribution in [2.24, 2.45) is 4.99 Å². The minimum Gasteiger partial charge on any atom is -0.490 e. The van der Waals surface area contributed by atoms with Gasteiger partial charge in [-0.2, -0.15) is 0 Å². The molecule has 1 aromatic rings. The van der Waals surface area contributed by atoms with Gasteiger partial charge in [0.05, 0.1) is 6.61 Å². The summed E-state index contributed by atoms with van der Waals surface area (Å²) in [5.41, 5.74) is 1.14. The molecule has 0 aliphatic rings. The van der Waals surface area contributed by atoms with Crippen molar-refractivity contribution in [2.45, 2.75) is 52.2 Å². The molecule has 1 atom stereocenters. The average molecular weight is 321 g/mol. The Kier molecular flexibility index (Phi) is 8.98. The van der Waals surface area contributed by atoms with Crippen LogP contribution in [0, 0.1) is 0 Å². The second kappa shape index (κ2) is 10.8. The molecule has 128 valence electrons. The molecule has 1 aromatic carbocycles. The van der Waals surface area contributed by atoms with E-state index in [-0.39, 0.29) is 18.6 Å². The number of esters is 1. The van der Waals surface area contributed by atoms with E-state index < -0.39 is 6.10 Å². The van der Waals surface area contributed by atoms with Crippen molar-refractivity contribution in [2.75, 3.05) is 13.2 Å². The third kappa shape index (κ3) is 8.98. The lowest BCUT2D eigenvalue weighted by Crippen LogP contribution is -2.19. The van der Waals surface area contributed by atoms with E-state index in [1.165, 1.54) is 6.21 Å². The molecule has 0 spiro atoms. The van der Waals surface area contributed by atoms with Crippen molar-refractivity contribution in [3.63, 3.8) is 0 Å². The van der Waals surface area contributed by atoms with Gasteiger partial charge in [0.1, 0.15) is 18.5 Å². The van der Waals surface area contributed by atoms with Gasteiger partial charge in [-0.25, -0.2) is 0 Å². The van der Waals surface area contributed by atoms with Gasteiger partial charge in [0.15, 0.2) is 0 Å². The number of hydrogen-bond donors (Lipinski definition) is 1. The van der Waals surface area contributed by atoms with Gasteiger partial charge in [0, 0.05) is 18.7 Å². The van der Waals surface area contributed by atoms with E-state index >= 15 is 0 Å². The number of hydrogen-bond acceptors (Lipinski definition) is 5. The third-order valence-electron chi connectivity index (χ3n) is 3.05. The quantitative estimate of drug-likeness (QED) is 0.531. The van der Waals surface area contributed by atoms with E-state index in [0.717, 1.165) is 18.4 Å². The smallest absolute Gasteiger partial charge is 0.305 e. The fourth-order valence-corrected chi connectivity index (χ4v) is 1.92. The molecule has 0 fully saturated rings. The van der Waals surface area contributed by atoms with Crippen LogP contribution in [0.4, 0.5) is 0 Å². The van der Waals surface area contributed by atoms with Gasteiger partial charge in [-0.1, -0.05) is 12.1 Å². The van der Waals surface area contributed by atoms with Crippen molar-refractivity contribution in [1.29, 1.82) is 0 Å². The Morgan fingerprint density at radius 2 is 2.00 bits per heavy atom. The van der Waals surface area contributed by atoms with E-state index in [1.54, 1.807) is 0 Å². The van der Waals surface area contributed by atoms with Crippen LogP contribution >= 0.6 is 0 Å². The fraction of sp³-hybridized carbons (Fsp3) is 0.556. The highest BCUT2D eigenvalue weighted by Gasteiger charge is 2.04. The molecule has 1 N–H and O–H groups in total. The van der Waals surface area contributed by atoms with E-state index in [1.807, 2.05) is 45.0 Å². The highest BCUT2D eigenvalue weighted by Crippen LogP contribution is 2.14. The SMILES string of the molecule is CCOC(=O)CCCc1ccc(OCC(O)C=NC(C)C)cc1. The first-order valence-corrected chi connectivity index (χ1v) is 8.10. The average Bonchev–Trinajstić information content (AvgIpc) is 2.52. The van der Waals surface area contributed by atoms with Gasteiger partial charge in [-0.15, -0.1) is 0 Å². The van der Waals surface area contributed by atoms with Gasteiger partial charge in [-0.3, -0.25) is 9.79 Å². The number of aliphatic hydroxyl groups is 1. The van der Waals surface area contributed by atoms with Crippen LogP contribution in [0.15, 0.2) is 29.3 Å². The standard InChI is InChI=1S/C18H27NO4/c1-4-22-18(21)7-5-6-15-8-10-17(11-9-15)23-13-16(20)12-19-14(2)3/h8-12,14,16,20H,4-7,13H2,1-3H3. The van der Waals surface area contributed by atoms with Crippen molar-refractivity contribution in [3.05, 3.63) is 29.8 Å². The number of aliphatic imine (C=N–C) groups is 1. The maximum atomic E-state index is 11.3. The molecule has 0 aliphatic carbocycles. The normalized spacial score (nSPS) is 12.6. The highest BCUT2D eigenvalue weighted by molar-refractivity contribution is 5.69. The Hall–Kier alpha value is -1.88. The van der Waals surface area contributed by atoms with Gasteiger partial charge in [0.2, 0.25) is 0 Å². The summed E-state index contributed by atoms with van der Waals surface area (Å²) in [4.78, 5) is 15.4. The molecule has 0 radical (unpaired) electrons. The molecule has 1 rings (SSSR count). The van der Waals surface area contributed by atoms with Gasteiger partial charge in [0.25, 0.3) is 0 Å². The fourth-order valence-electron chi connectivity index (χ4n) is 1.92. The zero-order chi connectivity index (χ0) is 17.1. The van der Waals surface area contributed by atoms with Crippen LogP contribution in [0.1, 0.15) is 39.2 Å². The Morgan fingerprint density at radius 3 is 2.61 bits per heavy atom. The number of aryl methyl sites for hydroxylation is 1. The minimum absolute atomic E-state index is 0.149. The summed E-state index contributed by atoms with van der Waals surface area (Å²) < 4.78 is 10.4. The number of benzene rings is 1. The topological polar surface area (TPSA) is 68.1 Å². The minimum atomic E-state index is -0.707. The summed E-state index contributed by atoms with van der Waals surface area (Å²) in [5.74, 6) is 0.556. The molecule has 0 saturated carbocycles. The third-order valence-corrected chi connectivity index (χ3v) is 3.05. The molecule has 5 nitrogen and oxygen atoms in total. The summed E-state index contributed by atoms with van der Waals surface area (Å²) in [6, 6.07) is 7.83. The lowest BCUT2D eigenvalue weighted by molar-refractivity contribution is -0.143. The Balaban J connectivity index is 2.31. The number of nitrogens with zero attached hydrogens (tertiary/aromatic N) is 1. The van der Waals surface area contributed by atoms with Gasteiger partial charge < -0.3 is 14.6 Å². The van der Waals surface area contributed by atoms with Crippen LogP contribution in [0.25, 0.3) is 0 Å². The highest BCUT2D eigenvalue weighted by atomic mass is 16.5. The van der Waals surface area contributed by atoms with Crippen LogP contribution in [-0.4, -0.2) is 42.7 Å². The first-order valence-electron chi connectivity index (χ1n) is 8.10. The molecule has 1 unspecified atom stereocenters. The zero-order valence-electron chi connectivity index (χ0n) is 14.2. The van der Waals surface area contributed by atoms with E-state index in [9.17, 15) is 9.90 Å². The van der Waals surface area contributed by atoms with Crippen LogP contribution < -0.4 is 4.74 Å². The molecular formula is C18H27NO4. The predicted octanol–water partition coefficient (Wildman–Crippen LogP) is 2.79. The van der Waals surface area contributed by atoms with E-state index in [2.05, 4.69) is 4.99 Å². The summed E-state index contributed by atoms with van der Waals surface area (Å²) in [7, 11) is 0. The molecule has 5 heteroatoms. The van der Waals surface area contributed by atoms with Crippen molar-refractivity contribution < 1.29 is 19.4 Å². The molecule has 0 amide bonds. The van der Waals surface area contributed by atoms with Crippen molar-refractivity contribution in [1.82, 2.24) is 0 Å². The number of carbonyl (C=O) groups excluding carboxylic acids is 1. The molecule has 0 heterocycles. The summed E-state index contributed by atoms with van der Waals surface area (Å²) in [6.45, 7) is 6.31. The summed E-state index contributed by atoms with van der Waals surface area (Å²) in [5, 5.41) is 9.71. The largest absolute Gasteiger partial charge is 0.490 e. The lowest BCUT2D eigenvalue weighted by Gasteiger charge is -2.10. The molecule has 0 aliphatic heterocycles. The predicted molar refractivity (Wildman–Crippen MR) is 91.1 cm³/mol. The molecule has 0 saturated heterocycles. The van der Waals surface area contributed by atoms with Crippen LogP contribution in [0.2, 0.25) is 0 Å². The summed E-state index contributed by atoms with van der Waals surface area (Å²) in [6.07, 6.45) is 2.83. The monoisotopic (exact) mass is 321 g/mol. The number of rotatable bonds is 10. The molecule has 0 aromatic heterocycles. The van der Waals surface area contributed by atoms with Crippen LogP contribution in [-0.2, 0) is 16.0 Å². The van der Waals surface area contributed by atoms with Crippen molar-refractivity contribution >= 4 is 12.2 Å². The Bertz CT molecular complexity index is 482. The first-order chi connectivity index (χ1) is 11.0. The Labute approximate surface area is 138 Å². The van der Waals surface area contributed by atoms with Gasteiger partial charge in [-0.05, 0) is 51.3 Å². The summed E-state index contributed by atoms with van der Waals surface area (Å²) >= 11 is 0. The second-order valence-electron chi connectivity index (χ2n) is 5.57. The van der Waals surface area contributed by atoms with Crippen LogP contribution in [0.3, 0.4) is 0 Å². The second-order valence-corrected chi connectivity index (χ2v) is 5.57. The van der Waals surface area contributed by atoms with Gasteiger partial charge >= 0.3 is 5.97 Å². The van der Waals surface area contributed by atoms with E-state index in [0.29, 0.717) is 18.8 Å². The lowest BCUT2D eigenvalue weighted by atomic mass is 10.1. The number of ether oxygens (including phenoxy) is 2. The van der Waals surface area contributed by atoms with E-state index in [4.69, 9.17) is 9.47 Å². The van der Waals surface area contributed by atoms with Crippen LogP contribution in [0.5, 0.6) is 5.75 Å². The molecular weight excluding hydrogens is 294 g/mol. The van der Waals surface area contributed by atoms with Crippen molar-refractivity contribution in [3.8, 4) is 5.75 Å². The zero-order valence-corrected chi connectivity index (χ0v) is 14.2. The Morgan fingerprint density at radius 1 is 1.30 bits per heavy atom. The maximum absolute atomic E-state index is 11.3. The number of aliphatic hydroxyl groups excluding tert-OH is 1. The first kappa shape index (κ1) is 19.2.